The Bertz CT molecular complexity index is 2530. The molecule has 5 N–H and O–H groups in total. The zero-order valence-electron chi connectivity index (χ0n) is 75.9. The van der Waals surface area contributed by atoms with Crippen LogP contribution < -0.4 is 10.6 Å². The summed E-state index contributed by atoms with van der Waals surface area (Å²) in [6.45, 7) is 87.5. The van der Waals surface area contributed by atoms with E-state index in [4.69, 9.17) is 24.8 Å². The van der Waals surface area contributed by atoms with Crippen molar-refractivity contribution in [1.29, 1.82) is 0 Å². The molecule has 0 aliphatic carbocycles. The number of amidine groups is 1. The highest BCUT2D eigenvalue weighted by atomic mass is 16.6. The molecular weight excluding hydrogens is 1320 g/mol. The molecule has 0 aromatic rings. The molecule has 2 atom stereocenters. The molecule has 2 amide bonds. The van der Waals surface area contributed by atoms with Crippen molar-refractivity contribution in [3.63, 3.8) is 0 Å². The van der Waals surface area contributed by atoms with Crippen LogP contribution in [0.2, 0.25) is 0 Å². The molecule has 5 aliphatic rings. The third-order valence-corrected chi connectivity index (χ3v) is 21.8. The first-order chi connectivity index (χ1) is 46.5. The van der Waals surface area contributed by atoms with Crippen molar-refractivity contribution in [3.05, 3.63) is 0 Å². The summed E-state index contributed by atoms with van der Waals surface area (Å²) in [7, 11) is 1.40. The molecule has 105 heavy (non-hydrogen) atoms. The van der Waals surface area contributed by atoms with Crippen LogP contribution >= 0.6 is 0 Å². The van der Waals surface area contributed by atoms with Gasteiger partial charge in [-0.1, -0.05) is 180 Å². The van der Waals surface area contributed by atoms with Crippen molar-refractivity contribution in [2.75, 3.05) is 53.0 Å². The Kier molecular flexibility index (Phi) is 45.3. The van der Waals surface area contributed by atoms with Gasteiger partial charge in [-0.15, -0.1) is 5.11 Å². The lowest BCUT2D eigenvalue weighted by Gasteiger charge is -2.43. The molecule has 0 radical (unpaired) electrons. The minimum Gasteiger partial charge on any atom is -0.481 e. The second kappa shape index (κ2) is 44.5. The minimum absolute atomic E-state index is 0.0887. The van der Waals surface area contributed by atoms with Gasteiger partial charge in [0.25, 0.3) is 0 Å². The van der Waals surface area contributed by atoms with Gasteiger partial charge in [-0.2, -0.15) is 5.11 Å². The Balaban J connectivity index is -0.000000554. The number of nitrogens with one attached hydrogen (secondary N) is 2. The van der Waals surface area contributed by atoms with Gasteiger partial charge >= 0.3 is 36.1 Å². The van der Waals surface area contributed by atoms with E-state index in [1.165, 1.54) is 65.3 Å². The van der Waals surface area contributed by atoms with Crippen molar-refractivity contribution in [2.24, 2.45) is 92.0 Å². The number of carbonyl (C=O) groups excluding carboxylic acids is 3. The largest absolute Gasteiger partial charge is 0.481 e. The highest BCUT2D eigenvalue weighted by Crippen LogP contribution is 2.44. The number of nitrogens with zero attached hydrogens (tertiary/aromatic N) is 5. The normalized spacial score (nSPS) is 18.3. The third kappa shape index (κ3) is 48.0. The molecule has 622 valence electrons. The first-order valence-electron chi connectivity index (χ1n) is 39.6. The number of carbonyl (C=O) groups is 6. The summed E-state index contributed by atoms with van der Waals surface area (Å²) in [5, 5.41) is 40.4. The summed E-state index contributed by atoms with van der Waals surface area (Å²) in [6.07, 6.45) is 15.2. The van der Waals surface area contributed by atoms with Gasteiger partial charge in [-0.25, -0.2) is 14.6 Å². The van der Waals surface area contributed by atoms with Crippen molar-refractivity contribution < 1.29 is 58.3 Å². The van der Waals surface area contributed by atoms with E-state index >= 15 is 0 Å². The molecule has 0 spiro atoms. The molecule has 5 rings (SSSR count). The summed E-state index contributed by atoms with van der Waals surface area (Å²) < 4.78 is 15.4. The quantitative estimate of drug-likeness (QED) is 0.117. The van der Waals surface area contributed by atoms with E-state index < -0.39 is 39.9 Å². The topological polar surface area (TPSA) is 258 Å². The van der Waals surface area contributed by atoms with Crippen LogP contribution in [0.4, 0.5) is 9.59 Å². The molecule has 0 bridgehead atoms. The number of aliphatic carboxylic acids is 3. The van der Waals surface area contributed by atoms with E-state index in [1.807, 2.05) is 92.9 Å². The molecule has 19 nitrogen and oxygen atoms in total. The Morgan fingerprint density at radius 3 is 1.15 bits per heavy atom. The summed E-state index contributed by atoms with van der Waals surface area (Å²) in [5.41, 5.74) is -0.208. The van der Waals surface area contributed by atoms with Gasteiger partial charge in [0.05, 0.1) is 23.4 Å². The average molecular weight is 1500 g/mol. The molecular formula is C86H171N7O12. The maximum atomic E-state index is 12.2. The van der Waals surface area contributed by atoms with Gasteiger partial charge in [-0.05, 0) is 248 Å². The number of esters is 1. The van der Waals surface area contributed by atoms with Gasteiger partial charge in [-0.3, -0.25) is 19.2 Å². The Morgan fingerprint density at radius 2 is 0.876 bits per heavy atom. The van der Waals surface area contributed by atoms with E-state index in [-0.39, 0.29) is 51.7 Å². The van der Waals surface area contributed by atoms with Gasteiger partial charge in [0.1, 0.15) is 17.0 Å². The molecule has 19 heteroatoms. The van der Waals surface area contributed by atoms with Crippen molar-refractivity contribution in [2.45, 2.75) is 383 Å². The third-order valence-electron chi connectivity index (χ3n) is 21.8. The molecule has 5 aliphatic heterocycles. The molecule has 0 aromatic heterocycles. The van der Waals surface area contributed by atoms with E-state index in [0.717, 1.165) is 82.4 Å². The van der Waals surface area contributed by atoms with Crippen LogP contribution in [0.5, 0.6) is 0 Å². The number of amides is 2. The van der Waals surface area contributed by atoms with Crippen LogP contribution in [0.1, 0.15) is 360 Å². The monoisotopic (exact) mass is 1490 g/mol. The van der Waals surface area contributed by atoms with Crippen LogP contribution in [0.3, 0.4) is 0 Å². The van der Waals surface area contributed by atoms with Crippen LogP contribution in [0.15, 0.2) is 15.2 Å². The van der Waals surface area contributed by atoms with Crippen molar-refractivity contribution in [3.8, 4) is 0 Å². The van der Waals surface area contributed by atoms with E-state index in [9.17, 15) is 28.8 Å². The lowest BCUT2D eigenvalue weighted by Crippen LogP contribution is -2.51. The van der Waals surface area contributed by atoms with Crippen LogP contribution in [0, 0.1) is 76.8 Å². The van der Waals surface area contributed by atoms with Crippen molar-refractivity contribution in [1.82, 2.24) is 20.4 Å². The smallest absolute Gasteiger partial charge is 0.410 e. The maximum absolute atomic E-state index is 12.2. The molecule has 4 saturated heterocycles. The van der Waals surface area contributed by atoms with E-state index in [1.54, 1.807) is 34.6 Å². The zero-order valence-corrected chi connectivity index (χ0v) is 75.9. The summed E-state index contributed by atoms with van der Waals surface area (Å²) in [4.78, 5) is 73.7. The second-order valence-electron chi connectivity index (χ2n) is 43.0. The fourth-order valence-corrected chi connectivity index (χ4v) is 10.5. The number of ether oxygens (including phenoxy) is 3. The maximum Gasteiger partial charge on any atom is 0.410 e. The first kappa shape index (κ1) is 107. The lowest BCUT2D eigenvalue weighted by atomic mass is 9.67. The predicted octanol–water partition coefficient (Wildman–Crippen LogP) is 22.8. The number of hydrogen-bond donors (Lipinski definition) is 5. The van der Waals surface area contributed by atoms with Crippen LogP contribution in [-0.4, -0.2) is 143 Å². The predicted molar refractivity (Wildman–Crippen MR) is 439 cm³/mol. The number of likely N-dealkylation sites (tertiary alicyclic amines) is 2. The number of rotatable bonds is 7. The average Bonchev–Trinajstić information content (AvgIpc) is 1.20. The first-order valence-corrected chi connectivity index (χ1v) is 39.6. The van der Waals surface area contributed by atoms with Gasteiger partial charge in [0, 0.05) is 44.6 Å². The molecule has 2 unspecified atom stereocenters. The lowest BCUT2D eigenvalue weighted by molar-refractivity contribution is -0.153. The van der Waals surface area contributed by atoms with E-state index in [0.29, 0.717) is 45.7 Å². The number of aliphatic imine (C=N–C) groups is 1. The number of azo groups is 1. The molecule has 0 saturated carbocycles. The number of methoxy groups -OCH3 is 1. The Hall–Kier alpha value is -4.39. The Labute approximate surface area is 645 Å². The van der Waals surface area contributed by atoms with Crippen LogP contribution in [-0.2, 0) is 33.4 Å². The highest BCUT2D eigenvalue weighted by molar-refractivity contribution is 5.83. The second-order valence-corrected chi connectivity index (χ2v) is 43.0. The summed E-state index contributed by atoms with van der Waals surface area (Å²) in [6, 6.07) is 1.05. The van der Waals surface area contributed by atoms with E-state index in [2.05, 4.69) is 183 Å². The SMILES string of the molecule is CC(C)(C)C(=O)O.CC(C)(C)C(C)(C)C(=O)O.CC(C)(C)C(C)(C)CCC(=O)O.CC(C)(C)C(C)(C)CCC1=NCN=N1.CC(C)(C)C1CCCCN1.CC(C)(C)C1CCNCC1.CC(C)(C)OC(=O)N1CCC(C(C)(C)C)CC1.CC(C)(C)OC(=O)N1CCCCC1C(C)(C)C.COC(=O)C(C)(C)C. The number of hydrogen-bond acceptors (Lipinski definition) is 14. The summed E-state index contributed by atoms with van der Waals surface area (Å²) >= 11 is 0. The molecule has 0 aromatic carbocycles. The standard InChI is InChI=1S/2C14H27NO2.C11H21N3.C10H20O2.2C9H19N.C8H16O2.C6H12O2.C5H10O2/c1-13(2,3)11-7-9-15(10-8-11)12(16)17-14(4,5)6;1-13(2,3)11-9-7-8-10-15(11)12(16)17-14(4,5)6;1-10(2,3)11(4,5)7-6-9-12-8-13-14-9;1-9(2,3)10(4,5)7-6-8(11)12;1-9(2,3)8-4-6-10-7-5-8;1-9(2,3)8-6-4-5-7-10-8;1-7(2,3)8(4,5)6(9)10;1-6(2,3)5(7)8-4;1-5(2,3)4(6)7/h2*11H,7-10H2,1-6H3;6-8H2,1-5H3;6-7H2,1-5H3,(H,11,12);2*8,10H,4-7H2,1-3H3;1-5H3,(H,9,10);1-4H3;1-3H3,(H,6,7). The van der Waals surface area contributed by atoms with Crippen LogP contribution in [0.25, 0.3) is 0 Å². The molecule has 5 heterocycles. The van der Waals surface area contributed by atoms with Gasteiger partial charge in [0.2, 0.25) is 0 Å². The zero-order chi connectivity index (χ0) is 84.0. The fraction of sp³-hybridized carbons (Fsp3) is 0.919. The fourth-order valence-electron chi connectivity index (χ4n) is 10.5. The van der Waals surface area contributed by atoms with Crippen molar-refractivity contribution >= 4 is 41.9 Å². The summed E-state index contributed by atoms with van der Waals surface area (Å²) in [5.74, 6) is 0.203. The Morgan fingerprint density at radius 1 is 0.457 bits per heavy atom. The number of carboxylic acid groups (broad SMARTS) is 3. The highest BCUT2D eigenvalue weighted by Gasteiger charge is 2.41. The van der Waals surface area contributed by atoms with Gasteiger partial charge in [0.15, 0.2) is 6.67 Å². The molecule has 4 fully saturated rings. The number of carboxylic acids is 3. The minimum atomic E-state index is -0.757. The van der Waals surface area contributed by atoms with Gasteiger partial charge < -0.3 is 50.0 Å². The number of piperidine rings is 4.